The first kappa shape index (κ1) is 8.99. The second-order valence-electron chi connectivity index (χ2n) is 3.32. The van der Waals surface area contributed by atoms with Crippen LogP contribution in [0.4, 0.5) is 9.18 Å². The van der Waals surface area contributed by atoms with Gasteiger partial charge in [-0.2, -0.15) is 0 Å². The van der Waals surface area contributed by atoms with Gasteiger partial charge in [-0.15, -0.1) is 0 Å². The Balaban J connectivity index is 2.31. The number of hydrogen-bond acceptors (Lipinski definition) is 2. The van der Waals surface area contributed by atoms with Gasteiger partial charge in [0.1, 0.15) is 12.4 Å². The molecule has 4 heteroatoms. The van der Waals surface area contributed by atoms with E-state index in [1.165, 1.54) is 6.07 Å². The molecule has 1 aromatic carbocycles. The van der Waals surface area contributed by atoms with Crippen molar-refractivity contribution < 1.29 is 13.9 Å². The van der Waals surface area contributed by atoms with E-state index in [1.54, 1.807) is 12.1 Å². The molecule has 0 spiro atoms. The van der Waals surface area contributed by atoms with E-state index < -0.39 is 6.09 Å². The van der Waals surface area contributed by atoms with Gasteiger partial charge in [0.25, 0.3) is 0 Å². The molecule has 0 radical (unpaired) electrons. The summed E-state index contributed by atoms with van der Waals surface area (Å²) >= 11 is 0. The summed E-state index contributed by atoms with van der Waals surface area (Å²) in [4.78, 5) is 10.8. The minimum absolute atomic E-state index is 0.194. The Hall–Kier alpha value is -1.58. The quantitative estimate of drug-likeness (QED) is 0.743. The van der Waals surface area contributed by atoms with Gasteiger partial charge in [0.2, 0.25) is 0 Å². The molecule has 74 valence electrons. The highest BCUT2D eigenvalue weighted by Crippen LogP contribution is 2.21. The zero-order valence-electron chi connectivity index (χ0n) is 7.71. The van der Waals surface area contributed by atoms with Gasteiger partial charge in [0.15, 0.2) is 0 Å². The maximum Gasteiger partial charge on any atom is 0.407 e. The molecule has 1 fully saturated rings. The van der Waals surface area contributed by atoms with Gasteiger partial charge in [-0.25, -0.2) is 9.18 Å². The molecule has 1 saturated heterocycles. The zero-order chi connectivity index (χ0) is 10.1. The van der Waals surface area contributed by atoms with Crippen LogP contribution in [0.15, 0.2) is 18.2 Å². The largest absolute Gasteiger partial charge is 0.447 e. The maximum absolute atomic E-state index is 13.3. The highest BCUT2D eigenvalue weighted by atomic mass is 19.1. The average molecular weight is 195 g/mol. The van der Waals surface area contributed by atoms with Gasteiger partial charge in [-0.05, 0) is 13.0 Å². The molecule has 1 heterocycles. The molecule has 0 aliphatic carbocycles. The number of nitrogens with one attached hydrogen (secondary N) is 1. The van der Waals surface area contributed by atoms with E-state index in [2.05, 4.69) is 5.32 Å². The first-order valence-corrected chi connectivity index (χ1v) is 4.36. The van der Waals surface area contributed by atoms with E-state index >= 15 is 0 Å². The zero-order valence-corrected chi connectivity index (χ0v) is 7.71. The number of cyclic esters (lactones) is 1. The third-order valence-electron chi connectivity index (χ3n) is 2.20. The Morgan fingerprint density at radius 1 is 1.57 bits per heavy atom. The minimum Gasteiger partial charge on any atom is -0.447 e. The maximum atomic E-state index is 13.3. The van der Waals surface area contributed by atoms with E-state index in [1.807, 2.05) is 6.92 Å². The fraction of sp³-hybridized carbons (Fsp3) is 0.300. The number of carbonyl (C=O) groups is 1. The first-order chi connectivity index (χ1) is 6.66. The van der Waals surface area contributed by atoms with Crippen LogP contribution in [-0.2, 0) is 4.74 Å². The monoisotopic (exact) mass is 195 g/mol. The fourth-order valence-corrected chi connectivity index (χ4v) is 1.48. The second kappa shape index (κ2) is 3.29. The lowest BCUT2D eigenvalue weighted by molar-refractivity contribution is 0.177. The third kappa shape index (κ3) is 1.55. The van der Waals surface area contributed by atoms with Crippen LogP contribution in [0.3, 0.4) is 0 Å². The van der Waals surface area contributed by atoms with Crippen LogP contribution in [0.25, 0.3) is 0 Å². The molecule has 0 bridgehead atoms. The highest BCUT2D eigenvalue weighted by Gasteiger charge is 2.25. The van der Waals surface area contributed by atoms with Gasteiger partial charge in [0, 0.05) is 5.56 Å². The molecule has 0 saturated carbocycles. The summed E-state index contributed by atoms with van der Waals surface area (Å²) < 4.78 is 18.0. The number of ether oxygens (including phenoxy) is 1. The predicted octanol–water partition coefficient (Wildman–Crippen LogP) is 1.92. The second-order valence-corrected chi connectivity index (χ2v) is 3.32. The molecular weight excluding hydrogens is 185 g/mol. The molecule has 0 unspecified atom stereocenters. The summed E-state index contributed by atoms with van der Waals surface area (Å²) in [5.41, 5.74) is 1.44. The summed E-state index contributed by atoms with van der Waals surface area (Å²) in [6.07, 6.45) is -0.490. The fourth-order valence-electron chi connectivity index (χ4n) is 1.48. The Bertz CT molecular complexity index is 378. The molecule has 1 aromatic rings. The number of hydrogen-bond donors (Lipinski definition) is 1. The summed E-state index contributed by atoms with van der Waals surface area (Å²) in [6, 6.07) is 4.45. The van der Waals surface area contributed by atoms with Crippen LogP contribution in [0.5, 0.6) is 0 Å². The van der Waals surface area contributed by atoms with Crippen molar-refractivity contribution in [2.75, 3.05) is 6.61 Å². The minimum atomic E-state index is -0.490. The van der Waals surface area contributed by atoms with Crippen molar-refractivity contribution >= 4 is 6.09 Å². The summed E-state index contributed by atoms with van der Waals surface area (Å²) in [5.74, 6) is -0.314. The number of alkyl carbamates (subject to hydrolysis) is 1. The Labute approximate surface area is 80.9 Å². The lowest BCUT2D eigenvalue weighted by Gasteiger charge is -2.09. The molecular formula is C10H10FNO2. The van der Waals surface area contributed by atoms with E-state index in [-0.39, 0.29) is 18.5 Å². The van der Waals surface area contributed by atoms with Crippen LogP contribution >= 0.6 is 0 Å². The van der Waals surface area contributed by atoms with Crippen LogP contribution < -0.4 is 5.32 Å². The molecule has 2 rings (SSSR count). The van der Waals surface area contributed by atoms with Crippen molar-refractivity contribution in [1.82, 2.24) is 5.32 Å². The van der Waals surface area contributed by atoms with Gasteiger partial charge >= 0.3 is 6.09 Å². The standard InChI is InChI=1S/C10H10FNO2/c1-6-2-3-8(11)7(4-6)9-5-14-10(13)12-9/h2-4,9H,5H2,1H3,(H,12,13)/t9-/m1/s1. The van der Waals surface area contributed by atoms with Gasteiger partial charge in [-0.3, -0.25) is 0 Å². The smallest absolute Gasteiger partial charge is 0.407 e. The summed E-state index contributed by atoms with van der Waals surface area (Å²) in [7, 11) is 0. The van der Waals surface area contributed by atoms with E-state index in [0.717, 1.165) is 5.56 Å². The number of amides is 1. The van der Waals surface area contributed by atoms with Crippen molar-refractivity contribution in [2.24, 2.45) is 0 Å². The number of halogens is 1. The van der Waals surface area contributed by atoms with Crippen molar-refractivity contribution in [3.63, 3.8) is 0 Å². The van der Waals surface area contributed by atoms with Crippen LogP contribution in [0.1, 0.15) is 17.2 Å². The molecule has 1 aliphatic rings. The molecule has 1 atom stereocenters. The van der Waals surface area contributed by atoms with Crippen molar-refractivity contribution in [3.8, 4) is 0 Å². The number of carbonyl (C=O) groups excluding carboxylic acids is 1. The molecule has 0 aromatic heterocycles. The van der Waals surface area contributed by atoms with Gasteiger partial charge < -0.3 is 10.1 Å². The molecule has 1 aliphatic heterocycles. The molecule has 1 amide bonds. The van der Waals surface area contributed by atoms with Gasteiger partial charge in [0.05, 0.1) is 6.04 Å². The Kier molecular flexibility index (Phi) is 2.11. The van der Waals surface area contributed by atoms with Crippen molar-refractivity contribution in [1.29, 1.82) is 0 Å². The summed E-state index contributed by atoms with van der Waals surface area (Å²) in [6.45, 7) is 2.07. The SMILES string of the molecule is Cc1ccc(F)c([C@H]2COC(=O)N2)c1. The van der Waals surface area contributed by atoms with Crippen LogP contribution in [-0.4, -0.2) is 12.7 Å². The van der Waals surface area contributed by atoms with Crippen molar-refractivity contribution in [2.45, 2.75) is 13.0 Å². The molecule has 3 nitrogen and oxygen atoms in total. The predicted molar refractivity (Wildman–Crippen MR) is 48.4 cm³/mol. The Morgan fingerprint density at radius 2 is 2.36 bits per heavy atom. The highest BCUT2D eigenvalue weighted by molar-refractivity contribution is 5.70. The topological polar surface area (TPSA) is 38.3 Å². The van der Waals surface area contributed by atoms with Gasteiger partial charge in [-0.1, -0.05) is 17.7 Å². The number of rotatable bonds is 1. The summed E-state index contributed by atoms with van der Waals surface area (Å²) in [5, 5.41) is 2.54. The average Bonchev–Trinajstić information content (AvgIpc) is 2.56. The third-order valence-corrected chi connectivity index (χ3v) is 2.20. The van der Waals surface area contributed by atoms with Crippen LogP contribution in [0.2, 0.25) is 0 Å². The van der Waals surface area contributed by atoms with E-state index in [9.17, 15) is 9.18 Å². The number of aryl methyl sites for hydroxylation is 1. The number of benzene rings is 1. The Morgan fingerprint density at radius 3 is 3.00 bits per heavy atom. The van der Waals surface area contributed by atoms with E-state index in [4.69, 9.17) is 4.74 Å². The lowest BCUT2D eigenvalue weighted by atomic mass is 10.0. The van der Waals surface area contributed by atoms with E-state index in [0.29, 0.717) is 5.56 Å². The normalized spacial score (nSPS) is 20.4. The lowest BCUT2D eigenvalue weighted by Crippen LogP contribution is -2.19. The molecule has 1 N–H and O–H groups in total. The molecule has 14 heavy (non-hydrogen) atoms. The van der Waals surface area contributed by atoms with Crippen molar-refractivity contribution in [3.05, 3.63) is 35.1 Å². The van der Waals surface area contributed by atoms with Crippen LogP contribution in [0, 0.1) is 12.7 Å². The first-order valence-electron chi connectivity index (χ1n) is 4.36.